The van der Waals surface area contributed by atoms with Crippen molar-refractivity contribution in [2.24, 2.45) is 0 Å². The fourth-order valence-corrected chi connectivity index (χ4v) is 3.59. The molecule has 7 heteroatoms. The molecule has 0 saturated carbocycles. The Morgan fingerprint density at radius 2 is 1.79 bits per heavy atom. The van der Waals surface area contributed by atoms with Crippen molar-refractivity contribution in [3.8, 4) is 11.3 Å². The number of esters is 2. The second-order valence-corrected chi connectivity index (χ2v) is 7.38. The van der Waals surface area contributed by atoms with Gasteiger partial charge in [0, 0.05) is 24.5 Å². The molecule has 2 aromatic heterocycles. The Balaban J connectivity index is 1.72. The lowest BCUT2D eigenvalue weighted by Crippen LogP contribution is -2.12. The van der Waals surface area contributed by atoms with E-state index in [1.54, 1.807) is 49.5 Å². The van der Waals surface area contributed by atoms with Gasteiger partial charge in [-0.1, -0.05) is 48.5 Å². The fourth-order valence-electron chi connectivity index (χ4n) is 3.59. The van der Waals surface area contributed by atoms with Crippen LogP contribution >= 0.6 is 0 Å². The number of hydrogen-bond acceptors (Lipinski definition) is 6. The summed E-state index contributed by atoms with van der Waals surface area (Å²) < 4.78 is 18.0. The number of imidazole rings is 1. The number of carbonyl (C=O) groups excluding carboxylic acids is 2. The van der Waals surface area contributed by atoms with Gasteiger partial charge in [-0.25, -0.2) is 14.6 Å². The molecule has 0 fully saturated rings. The number of carbonyl (C=O) groups is 2. The van der Waals surface area contributed by atoms with Crippen LogP contribution in [0.4, 0.5) is 0 Å². The summed E-state index contributed by atoms with van der Waals surface area (Å²) in [5, 5.41) is 0. The third-order valence-corrected chi connectivity index (χ3v) is 5.16. The number of aromatic nitrogens is 2. The second-order valence-electron chi connectivity index (χ2n) is 7.38. The molecule has 0 saturated heterocycles. The van der Waals surface area contributed by atoms with Crippen molar-refractivity contribution in [3.05, 3.63) is 102 Å². The van der Waals surface area contributed by atoms with E-state index in [4.69, 9.17) is 13.9 Å². The predicted octanol–water partition coefficient (Wildman–Crippen LogP) is 5.08. The van der Waals surface area contributed by atoms with E-state index < -0.39 is 11.9 Å². The molecule has 0 aliphatic heterocycles. The van der Waals surface area contributed by atoms with Crippen LogP contribution in [0.5, 0.6) is 0 Å². The molecule has 0 spiro atoms. The molecule has 0 amide bonds. The minimum Gasteiger partial charge on any atom is -0.465 e. The van der Waals surface area contributed by atoms with Crippen LogP contribution in [0.3, 0.4) is 0 Å². The second kappa shape index (κ2) is 10.5. The zero-order valence-electron chi connectivity index (χ0n) is 18.9. The lowest BCUT2D eigenvalue weighted by Gasteiger charge is -2.10. The van der Waals surface area contributed by atoms with Crippen molar-refractivity contribution in [3.63, 3.8) is 0 Å². The summed E-state index contributed by atoms with van der Waals surface area (Å²) in [6, 6.07) is 20.4. The minimum atomic E-state index is -0.504. The zero-order chi connectivity index (χ0) is 23.9. The SMILES string of the molecule is CCOC(=O)C(=Cc1ccc(-c2ccccc2C(=O)OC)o1)c1nccn1Cc1ccccc1. The molecule has 0 atom stereocenters. The maximum Gasteiger partial charge on any atom is 0.342 e. The van der Waals surface area contributed by atoms with Crippen molar-refractivity contribution >= 4 is 23.6 Å². The summed E-state index contributed by atoms with van der Waals surface area (Å²) >= 11 is 0. The normalized spacial score (nSPS) is 11.3. The standard InChI is InChI=1S/C27H24N2O5/c1-3-33-27(31)23(25-28-15-16-29(25)18-19-9-5-4-6-10-19)17-20-13-14-24(34-20)21-11-7-8-12-22(21)26(30)32-2/h4-17H,3,18H2,1-2H3. The van der Waals surface area contributed by atoms with Gasteiger partial charge in [-0.3, -0.25) is 0 Å². The van der Waals surface area contributed by atoms with E-state index >= 15 is 0 Å². The molecule has 172 valence electrons. The van der Waals surface area contributed by atoms with Gasteiger partial charge >= 0.3 is 11.9 Å². The summed E-state index contributed by atoms with van der Waals surface area (Å²) in [6.45, 7) is 2.52. The average Bonchev–Trinajstić information content (AvgIpc) is 3.52. The van der Waals surface area contributed by atoms with Crippen LogP contribution in [-0.2, 0) is 20.8 Å². The van der Waals surface area contributed by atoms with Gasteiger partial charge in [-0.15, -0.1) is 0 Å². The van der Waals surface area contributed by atoms with Crippen LogP contribution in [0.15, 0.2) is 83.5 Å². The Hall–Kier alpha value is -4.39. The van der Waals surface area contributed by atoms with Crippen molar-refractivity contribution in [2.75, 3.05) is 13.7 Å². The van der Waals surface area contributed by atoms with Crippen LogP contribution in [-0.4, -0.2) is 35.2 Å². The molecule has 2 aromatic carbocycles. The molecular formula is C27H24N2O5. The highest BCUT2D eigenvalue weighted by atomic mass is 16.5. The summed E-state index contributed by atoms with van der Waals surface area (Å²) in [4.78, 5) is 29.4. The first-order valence-corrected chi connectivity index (χ1v) is 10.8. The van der Waals surface area contributed by atoms with Crippen LogP contribution in [0.25, 0.3) is 23.0 Å². The lowest BCUT2D eigenvalue weighted by molar-refractivity contribution is -0.136. The van der Waals surface area contributed by atoms with Gasteiger partial charge in [0.1, 0.15) is 22.9 Å². The number of furan rings is 1. The fraction of sp³-hybridized carbons (Fsp3) is 0.148. The maximum absolute atomic E-state index is 12.9. The van der Waals surface area contributed by atoms with Crippen molar-refractivity contribution < 1.29 is 23.5 Å². The van der Waals surface area contributed by atoms with E-state index in [1.807, 2.05) is 47.2 Å². The smallest absolute Gasteiger partial charge is 0.342 e. The van der Waals surface area contributed by atoms with Gasteiger partial charge in [0.15, 0.2) is 0 Å². The lowest BCUT2D eigenvalue weighted by atomic mass is 10.1. The summed E-state index contributed by atoms with van der Waals surface area (Å²) in [5.41, 5.74) is 2.32. The quantitative estimate of drug-likeness (QED) is 0.272. The van der Waals surface area contributed by atoms with E-state index in [0.717, 1.165) is 5.56 Å². The molecule has 2 heterocycles. The Labute approximate surface area is 197 Å². The Bertz CT molecular complexity index is 1320. The predicted molar refractivity (Wildman–Crippen MR) is 128 cm³/mol. The summed E-state index contributed by atoms with van der Waals surface area (Å²) in [5.74, 6) is 0.403. The minimum absolute atomic E-state index is 0.228. The highest BCUT2D eigenvalue weighted by Gasteiger charge is 2.21. The van der Waals surface area contributed by atoms with Crippen molar-refractivity contribution in [1.29, 1.82) is 0 Å². The van der Waals surface area contributed by atoms with Gasteiger partial charge in [-0.2, -0.15) is 0 Å². The molecule has 34 heavy (non-hydrogen) atoms. The topological polar surface area (TPSA) is 83.6 Å². The molecule has 0 radical (unpaired) electrons. The number of ether oxygens (including phenoxy) is 2. The van der Waals surface area contributed by atoms with E-state index in [1.165, 1.54) is 7.11 Å². The Kier molecular flexibility index (Phi) is 7.03. The Morgan fingerprint density at radius 3 is 2.56 bits per heavy atom. The molecular weight excluding hydrogens is 432 g/mol. The van der Waals surface area contributed by atoms with Gasteiger partial charge in [0.2, 0.25) is 0 Å². The molecule has 0 unspecified atom stereocenters. The summed E-state index contributed by atoms with van der Waals surface area (Å²) in [7, 11) is 1.33. The molecule has 0 N–H and O–H groups in total. The molecule has 7 nitrogen and oxygen atoms in total. The molecule has 0 bridgehead atoms. The molecule has 4 rings (SSSR count). The third-order valence-electron chi connectivity index (χ3n) is 5.16. The molecule has 4 aromatic rings. The van der Waals surface area contributed by atoms with Gasteiger partial charge in [0.25, 0.3) is 0 Å². The van der Waals surface area contributed by atoms with Crippen LogP contribution < -0.4 is 0 Å². The molecule has 0 aliphatic carbocycles. The number of benzene rings is 2. The monoisotopic (exact) mass is 456 g/mol. The zero-order valence-corrected chi connectivity index (χ0v) is 18.9. The van der Waals surface area contributed by atoms with E-state index in [0.29, 0.717) is 35.0 Å². The van der Waals surface area contributed by atoms with E-state index in [-0.39, 0.29) is 12.2 Å². The van der Waals surface area contributed by atoms with E-state index in [2.05, 4.69) is 4.98 Å². The number of rotatable bonds is 8. The highest BCUT2D eigenvalue weighted by molar-refractivity contribution is 6.20. The van der Waals surface area contributed by atoms with Crippen LogP contribution in [0.2, 0.25) is 0 Å². The van der Waals surface area contributed by atoms with Crippen molar-refractivity contribution in [2.45, 2.75) is 13.5 Å². The van der Waals surface area contributed by atoms with Crippen LogP contribution in [0, 0.1) is 0 Å². The van der Waals surface area contributed by atoms with Gasteiger partial charge in [0.05, 0.1) is 19.3 Å². The number of methoxy groups -OCH3 is 1. The summed E-state index contributed by atoms with van der Waals surface area (Å²) in [6.07, 6.45) is 5.06. The van der Waals surface area contributed by atoms with E-state index in [9.17, 15) is 9.59 Å². The first-order chi connectivity index (χ1) is 16.6. The number of nitrogens with zero attached hydrogens (tertiary/aromatic N) is 2. The van der Waals surface area contributed by atoms with Gasteiger partial charge in [-0.05, 0) is 36.8 Å². The first-order valence-electron chi connectivity index (χ1n) is 10.8. The maximum atomic E-state index is 12.9. The van der Waals surface area contributed by atoms with Crippen molar-refractivity contribution in [1.82, 2.24) is 9.55 Å². The largest absolute Gasteiger partial charge is 0.465 e. The molecule has 0 aliphatic rings. The highest BCUT2D eigenvalue weighted by Crippen LogP contribution is 2.28. The van der Waals surface area contributed by atoms with Gasteiger partial charge < -0.3 is 18.5 Å². The Morgan fingerprint density at radius 1 is 1.03 bits per heavy atom. The average molecular weight is 456 g/mol. The van der Waals surface area contributed by atoms with Crippen LogP contribution in [0.1, 0.15) is 34.4 Å². The first kappa shape index (κ1) is 22.8. The number of hydrogen-bond donors (Lipinski definition) is 0. The third kappa shape index (κ3) is 4.99.